The first-order valence-electron chi connectivity index (χ1n) is 10.8. The number of hydroxylamine groups is 1. The van der Waals surface area contributed by atoms with E-state index in [-0.39, 0.29) is 12.4 Å². The maximum atomic E-state index is 13.1. The van der Waals surface area contributed by atoms with E-state index in [1.807, 2.05) is 30.3 Å². The van der Waals surface area contributed by atoms with Gasteiger partial charge in [0.15, 0.2) is 4.75 Å². The Morgan fingerprint density at radius 3 is 2.06 bits per heavy atom. The number of likely N-dealkylation sites (tertiary alicyclic amines) is 1. The average molecular weight is 497 g/mol. The van der Waals surface area contributed by atoms with E-state index in [2.05, 4.69) is 4.90 Å². The number of hydrogen-bond donors (Lipinski definition) is 2. The number of carbonyl (C=O) groups is 1. The van der Waals surface area contributed by atoms with Crippen LogP contribution in [0.25, 0.3) is 0 Å². The third-order valence-corrected chi connectivity index (χ3v) is 7.44. The van der Waals surface area contributed by atoms with Crippen molar-refractivity contribution in [3.8, 4) is 17.2 Å². The van der Waals surface area contributed by atoms with Crippen molar-refractivity contribution in [2.45, 2.75) is 36.5 Å². The summed E-state index contributed by atoms with van der Waals surface area (Å²) in [5.41, 5.74) is 1.69. The third kappa shape index (κ3) is 6.38. The first kappa shape index (κ1) is 25.3. The van der Waals surface area contributed by atoms with Crippen molar-refractivity contribution in [1.82, 2.24) is 10.4 Å². The van der Waals surface area contributed by atoms with Crippen LogP contribution in [-0.2, 0) is 15.9 Å². The molecule has 0 radical (unpaired) electrons. The van der Waals surface area contributed by atoms with Gasteiger partial charge in [-0.3, -0.25) is 10.0 Å². The molecule has 1 saturated heterocycles. The second kappa shape index (κ2) is 11.7. The first-order valence-corrected chi connectivity index (χ1v) is 11.9. The molecule has 33 heavy (non-hydrogen) atoms. The van der Waals surface area contributed by atoms with E-state index in [4.69, 9.17) is 13.7 Å². The lowest BCUT2D eigenvalue weighted by molar-refractivity contribution is -0.133. The van der Waals surface area contributed by atoms with E-state index < -0.39 is 21.7 Å². The summed E-state index contributed by atoms with van der Waals surface area (Å²) >= 11 is -1.95. The molecular formula is C23H29ClN2O6S. The zero-order chi connectivity index (χ0) is 22.4. The van der Waals surface area contributed by atoms with Crippen LogP contribution in [0.5, 0.6) is 17.2 Å². The maximum absolute atomic E-state index is 13.1. The molecule has 180 valence electrons. The number of nitrogens with one attached hydrogen (secondary N) is 1. The fourth-order valence-electron chi connectivity index (χ4n) is 3.86. The number of ether oxygens (including phenoxy) is 2. The van der Waals surface area contributed by atoms with Crippen LogP contribution in [0.15, 0.2) is 54.6 Å². The van der Waals surface area contributed by atoms with Crippen LogP contribution in [0.3, 0.4) is 0 Å². The van der Waals surface area contributed by atoms with Crippen LogP contribution in [0.2, 0.25) is 0 Å². The first-order chi connectivity index (χ1) is 15.6. The minimum atomic E-state index is -1.95. The molecule has 0 bridgehead atoms. The quantitative estimate of drug-likeness (QED) is 0.296. The number of para-hydroxylation sites is 1. The highest BCUT2D eigenvalue weighted by Gasteiger charge is 2.50. The molecule has 1 amide bonds. The number of benzene rings is 2. The molecule has 2 aliphatic rings. The third-order valence-electron chi connectivity index (χ3n) is 5.86. The van der Waals surface area contributed by atoms with Gasteiger partial charge in [-0.15, -0.1) is 12.4 Å². The Bertz CT molecular complexity index is 918. The zero-order valence-electron chi connectivity index (χ0n) is 18.2. The van der Waals surface area contributed by atoms with Crippen LogP contribution < -0.4 is 19.1 Å². The van der Waals surface area contributed by atoms with Gasteiger partial charge in [-0.25, -0.2) is 9.69 Å². The van der Waals surface area contributed by atoms with Gasteiger partial charge in [-0.1, -0.05) is 18.2 Å². The lowest BCUT2D eigenvalue weighted by atomic mass is 9.95. The average Bonchev–Trinajstić information content (AvgIpc) is 3.68. The molecule has 1 aliphatic carbocycles. The van der Waals surface area contributed by atoms with Gasteiger partial charge in [0.1, 0.15) is 30.5 Å². The Morgan fingerprint density at radius 1 is 0.970 bits per heavy atom. The predicted octanol–water partition coefficient (Wildman–Crippen LogP) is 3.11. The zero-order valence-corrected chi connectivity index (χ0v) is 19.8. The normalized spacial score (nSPS) is 18.5. The molecule has 2 N–H and O–H groups in total. The van der Waals surface area contributed by atoms with E-state index in [1.165, 1.54) is 12.8 Å². The van der Waals surface area contributed by atoms with E-state index in [9.17, 15) is 14.2 Å². The van der Waals surface area contributed by atoms with Gasteiger partial charge >= 0.3 is 0 Å². The number of nitrogens with zero attached hydrogens (tertiary/aromatic N) is 1. The number of halogens is 1. The molecule has 4 rings (SSSR count). The second-order valence-corrected chi connectivity index (χ2v) is 9.42. The van der Waals surface area contributed by atoms with E-state index in [1.54, 1.807) is 29.7 Å². The minimum absolute atomic E-state index is 0. The summed E-state index contributed by atoms with van der Waals surface area (Å²) in [6.45, 7) is 2.09. The monoisotopic (exact) mass is 496 g/mol. The van der Waals surface area contributed by atoms with Gasteiger partial charge in [0.05, 0.1) is 0 Å². The molecule has 10 heteroatoms. The molecule has 2 fully saturated rings. The van der Waals surface area contributed by atoms with E-state index >= 15 is 0 Å². The molecule has 0 spiro atoms. The number of piperidine rings is 1. The molecule has 1 heterocycles. The van der Waals surface area contributed by atoms with Crippen LogP contribution in [0.1, 0.15) is 25.7 Å². The Labute approximate surface area is 202 Å². The minimum Gasteiger partial charge on any atom is -0.490 e. The highest BCUT2D eigenvalue weighted by Crippen LogP contribution is 2.36. The summed E-state index contributed by atoms with van der Waals surface area (Å²) in [5, 5.41) is 9.24. The number of carbonyl (C=O) groups excluding carboxylic acids is 1. The summed E-state index contributed by atoms with van der Waals surface area (Å²) in [7, 11) is 0. The number of hydrogen-bond acceptors (Lipinski definition) is 7. The van der Waals surface area contributed by atoms with Gasteiger partial charge in [0.25, 0.3) is 5.91 Å². The van der Waals surface area contributed by atoms with E-state index in [0.717, 1.165) is 5.75 Å². The lowest BCUT2D eigenvalue weighted by Gasteiger charge is -2.38. The summed E-state index contributed by atoms with van der Waals surface area (Å²) in [4.78, 5) is 14.7. The number of rotatable bonds is 10. The Balaban J connectivity index is 0.00000306. The Hall–Kier alpha value is -2.33. The van der Waals surface area contributed by atoms with Crippen LogP contribution in [0.4, 0.5) is 0 Å². The van der Waals surface area contributed by atoms with Crippen molar-refractivity contribution in [2.24, 2.45) is 0 Å². The van der Waals surface area contributed by atoms with Crippen LogP contribution >= 0.6 is 12.4 Å². The topological polar surface area (TPSA) is 97.3 Å². The van der Waals surface area contributed by atoms with Gasteiger partial charge in [-0.05, 0) is 62.1 Å². The largest absolute Gasteiger partial charge is 0.490 e. The van der Waals surface area contributed by atoms with Crippen molar-refractivity contribution in [1.29, 1.82) is 0 Å². The molecule has 2 aromatic carbocycles. The van der Waals surface area contributed by atoms with Crippen molar-refractivity contribution < 1.29 is 27.9 Å². The van der Waals surface area contributed by atoms with E-state index in [0.29, 0.717) is 56.7 Å². The number of amides is 1. The fraction of sp³-hybridized carbons (Fsp3) is 0.435. The maximum Gasteiger partial charge on any atom is 0.265 e. The van der Waals surface area contributed by atoms with Gasteiger partial charge in [-0.2, -0.15) is 0 Å². The summed E-state index contributed by atoms with van der Waals surface area (Å²) in [6, 6.07) is 16.8. The molecule has 1 saturated carbocycles. The lowest BCUT2D eigenvalue weighted by Crippen LogP contribution is -2.57. The van der Waals surface area contributed by atoms with Gasteiger partial charge < -0.3 is 18.6 Å². The summed E-state index contributed by atoms with van der Waals surface area (Å²) in [5.74, 6) is 1.11. The molecular weight excluding hydrogens is 468 g/mol. The van der Waals surface area contributed by atoms with Crippen molar-refractivity contribution >= 4 is 29.4 Å². The van der Waals surface area contributed by atoms with Gasteiger partial charge in [0, 0.05) is 19.1 Å². The van der Waals surface area contributed by atoms with Crippen LogP contribution in [0, 0.1) is 0 Å². The standard InChI is InChI=1S/C23H28N2O6S.ClH/c26-22(24-27)23(12-14-25(15-13-23)18-6-7-18)32(28)31-21-10-8-20(9-11-21)30-17-16-29-19-4-2-1-3-5-19;/h1-5,8-11,18,27H,6-7,12-17H2,(H,24,26);1H. The summed E-state index contributed by atoms with van der Waals surface area (Å²) < 4.78 is 28.7. The molecule has 1 unspecified atom stereocenters. The molecule has 1 atom stereocenters. The molecule has 2 aromatic rings. The molecule has 0 aromatic heterocycles. The van der Waals surface area contributed by atoms with Crippen LogP contribution in [-0.4, -0.2) is 57.3 Å². The fourth-order valence-corrected chi connectivity index (χ4v) is 5.01. The van der Waals surface area contributed by atoms with Crippen molar-refractivity contribution in [2.75, 3.05) is 26.3 Å². The van der Waals surface area contributed by atoms with Crippen molar-refractivity contribution in [3.05, 3.63) is 54.6 Å². The smallest absolute Gasteiger partial charge is 0.265 e. The van der Waals surface area contributed by atoms with Crippen molar-refractivity contribution in [3.63, 3.8) is 0 Å². The second-order valence-electron chi connectivity index (χ2n) is 8.00. The summed E-state index contributed by atoms with van der Waals surface area (Å²) in [6.07, 6.45) is 3.08. The Morgan fingerprint density at radius 2 is 1.52 bits per heavy atom. The SMILES string of the molecule is Cl.O=C(NO)C1(S(=O)Oc2ccc(OCCOc3ccccc3)cc2)CCN(C2CC2)CC1. The molecule has 1 aliphatic heterocycles. The van der Waals surface area contributed by atoms with Gasteiger partial charge in [0.2, 0.25) is 11.1 Å². The Kier molecular flexibility index (Phi) is 8.96. The highest BCUT2D eigenvalue weighted by molar-refractivity contribution is 7.83. The molecule has 8 nitrogen and oxygen atoms in total. The predicted molar refractivity (Wildman–Crippen MR) is 126 cm³/mol. The highest BCUT2D eigenvalue weighted by atomic mass is 35.5.